The number of hydrogen-bond donors (Lipinski definition) is 2. The van der Waals surface area contributed by atoms with Crippen molar-refractivity contribution in [3.63, 3.8) is 0 Å². The lowest BCUT2D eigenvalue weighted by atomic mass is 9.84. The fourth-order valence-electron chi connectivity index (χ4n) is 6.78. The van der Waals surface area contributed by atoms with Crippen molar-refractivity contribution in [1.29, 1.82) is 0 Å². The summed E-state index contributed by atoms with van der Waals surface area (Å²) in [7, 11) is 3.95. The van der Waals surface area contributed by atoms with E-state index in [1.807, 2.05) is 104 Å². The monoisotopic (exact) mass is 665 g/mol. The van der Waals surface area contributed by atoms with Crippen molar-refractivity contribution in [3.05, 3.63) is 101 Å². The van der Waals surface area contributed by atoms with Gasteiger partial charge in [0, 0.05) is 74.7 Å². The number of rotatable bonds is 7. The Labute approximate surface area is 285 Å². The van der Waals surface area contributed by atoms with E-state index >= 15 is 0 Å². The maximum Gasteiger partial charge on any atom is 0.253 e. The topological polar surface area (TPSA) is 115 Å². The molecule has 0 radical (unpaired) electrons. The molecular weight excluding hydrogens is 626 g/mol. The fraction of sp³-hybridized carbons (Fsp3) is 0.361. The number of likely N-dealkylation sites (tertiary alicyclic amines) is 1. The van der Waals surface area contributed by atoms with E-state index in [2.05, 4.69) is 20.3 Å². The van der Waals surface area contributed by atoms with Crippen molar-refractivity contribution in [2.45, 2.75) is 44.1 Å². The Kier molecular flexibility index (Phi) is 8.65. The number of anilines is 4. The highest BCUT2D eigenvalue weighted by atomic mass is 35.5. The third-order valence-electron chi connectivity index (χ3n) is 9.47. The number of amides is 1. The molecule has 5 heterocycles. The first-order valence-electron chi connectivity index (χ1n) is 16.4. The molecule has 1 atom stereocenters. The Hall–Kier alpha value is -4.74. The molecule has 48 heavy (non-hydrogen) atoms. The van der Waals surface area contributed by atoms with Gasteiger partial charge in [-0.15, -0.1) is 5.10 Å². The summed E-state index contributed by atoms with van der Waals surface area (Å²) >= 11 is 6.06. The van der Waals surface area contributed by atoms with E-state index in [4.69, 9.17) is 21.6 Å². The van der Waals surface area contributed by atoms with Crippen molar-refractivity contribution < 1.29 is 9.90 Å². The Morgan fingerprint density at radius 1 is 1.00 bits per heavy atom. The van der Waals surface area contributed by atoms with Crippen LogP contribution in [0.15, 0.2) is 72.9 Å². The van der Waals surface area contributed by atoms with Crippen LogP contribution in [0.4, 0.5) is 23.1 Å². The van der Waals surface area contributed by atoms with Gasteiger partial charge in [0.1, 0.15) is 11.6 Å². The van der Waals surface area contributed by atoms with Gasteiger partial charge in [-0.2, -0.15) is 4.98 Å². The van der Waals surface area contributed by atoms with E-state index in [-0.39, 0.29) is 11.8 Å². The van der Waals surface area contributed by atoms with Gasteiger partial charge < -0.3 is 25.1 Å². The van der Waals surface area contributed by atoms with E-state index in [0.717, 1.165) is 59.3 Å². The fourth-order valence-corrected chi connectivity index (χ4v) is 6.91. The minimum absolute atomic E-state index is 0.0184. The van der Waals surface area contributed by atoms with Crippen LogP contribution in [0.1, 0.15) is 59.0 Å². The minimum Gasteiger partial charge on any atom is -0.385 e. The number of nitrogens with one attached hydrogen (secondary N) is 1. The number of benzene rings is 2. The molecule has 0 bridgehead atoms. The number of halogens is 1. The summed E-state index contributed by atoms with van der Waals surface area (Å²) in [4.78, 5) is 33.8. The third-order valence-corrected chi connectivity index (χ3v) is 9.72. The van der Waals surface area contributed by atoms with E-state index in [9.17, 15) is 9.90 Å². The van der Waals surface area contributed by atoms with Crippen LogP contribution < -0.4 is 15.1 Å². The summed E-state index contributed by atoms with van der Waals surface area (Å²) in [5, 5.41) is 20.0. The summed E-state index contributed by atoms with van der Waals surface area (Å²) in [6.07, 6.45) is 4.99. The number of piperidine rings is 2. The molecule has 12 heteroatoms. The van der Waals surface area contributed by atoms with E-state index < -0.39 is 5.60 Å². The summed E-state index contributed by atoms with van der Waals surface area (Å²) < 4.78 is 1.77. The third kappa shape index (κ3) is 6.52. The number of fused-ring (bicyclic) bond motifs is 1. The number of aryl methyl sites for hydroxylation is 1. The molecular formula is C36H40ClN9O2. The molecule has 5 aromatic rings. The zero-order chi connectivity index (χ0) is 33.4. The van der Waals surface area contributed by atoms with Crippen LogP contribution in [-0.2, 0) is 5.60 Å². The standard InChI is InChI=1S/C36H40ClN9O2/c1-24-38-30(22-32(39-24)43(2)3)26-6-4-18-45(23-26)34(47)25-8-14-29(15-9-25)40-35-41-33-31(7-5-19-46(33)42-35)44-20-16-36(48,17-21-44)27-10-12-28(37)13-11-27/h5,7-15,19,22,26,48H,4,6,16-18,20-21,23H2,1-3H3,(H,40,42). The molecule has 2 aromatic carbocycles. The van der Waals surface area contributed by atoms with Crippen molar-refractivity contribution in [1.82, 2.24) is 29.5 Å². The normalized spacial score (nSPS) is 17.8. The van der Waals surface area contributed by atoms with E-state index in [1.54, 1.807) is 4.52 Å². The lowest BCUT2D eigenvalue weighted by molar-refractivity contribution is 0.0118. The molecule has 1 unspecified atom stereocenters. The molecule has 3 aromatic heterocycles. The smallest absolute Gasteiger partial charge is 0.253 e. The first-order chi connectivity index (χ1) is 23.1. The van der Waals surface area contributed by atoms with Gasteiger partial charge in [-0.3, -0.25) is 4.79 Å². The molecule has 2 aliphatic rings. The molecule has 0 saturated carbocycles. The SMILES string of the molecule is Cc1nc(C2CCCN(C(=O)c3ccc(Nc4nc5c(N6CCC(O)(c7ccc(Cl)cc7)CC6)cccn5n4)cc3)C2)cc(N(C)C)n1. The zero-order valence-corrected chi connectivity index (χ0v) is 28.2. The van der Waals surface area contributed by atoms with Crippen LogP contribution in [0, 0.1) is 6.92 Å². The molecule has 11 nitrogen and oxygen atoms in total. The lowest BCUT2D eigenvalue weighted by Gasteiger charge is -2.39. The van der Waals surface area contributed by atoms with E-state index in [1.165, 1.54) is 0 Å². The molecule has 2 N–H and O–H groups in total. The van der Waals surface area contributed by atoms with Crippen LogP contribution in [0.3, 0.4) is 0 Å². The second-order valence-electron chi connectivity index (χ2n) is 13.0. The van der Waals surface area contributed by atoms with Crippen LogP contribution in [0.2, 0.25) is 5.02 Å². The molecule has 2 aliphatic heterocycles. The second-order valence-corrected chi connectivity index (χ2v) is 13.4. The van der Waals surface area contributed by atoms with Crippen LogP contribution in [-0.4, -0.2) is 80.8 Å². The zero-order valence-electron chi connectivity index (χ0n) is 27.5. The largest absolute Gasteiger partial charge is 0.385 e. The molecule has 1 amide bonds. The van der Waals surface area contributed by atoms with Crippen LogP contribution in [0.25, 0.3) is 5.65 Å². The molecule has 2 fully saturated rings. The lowest BCUT2D eigenvalue weighted by Crippen LogP contribution is -2.42. The summed E-state index contributed by atoms with van der Waals surface area (Å²) in [5.74, 6) is 2.29. The maximum atomic E-state index is 13.5. The Morgan fingerprint density at radius 3 is 2.48 bits per heavy atom. The van der Waals surface area contributed by atoms with Crippen molar-refractivity contribution in [2.75, 3.05) is 55.4 Å². The first kappa shape index (κ1) is 31.8. The number of nitrogens with zero attached hydrogens (tertiary/aromatic N) is 8. The molecule has 0 spiro atoms. The summed E-state index contributed by atoms with van der Waals surface area (Å²) in [6.45, 7) is 4.63. The highest BCUT2D eigenvalue weighted by molar-refractivity contribution is 6.30. The van der Waals surface area contributed by atoms with Gasteiger partial charge in [-0.05, 0) is 86.7 Å². The van der Waals surface area contributed by atoms with Gasteiger partial charge in [0.2, 0.25) is 5.95 Å². The van der Waals surface area contributed by atoms with Crippen molar-refractivity contribution >= 4 is 46.3 Å². The highest BCUT2D eigenvalue weighted by Gasteiger charge is 2.35. The predicted molar refractivity (Wildman–Crippen MR) is 188 cm³/mol. The van der Waals surface area contributed by atoms with Crippen LogP contribution >= 0.6 is 11.6 Å². The number of hydrogen-bond acceptors (Lipinski definition) is 9. The quantitative estimate of drug-likeness (QED) is 0.223. The summed E-state index contributed by atoms with van der Waals surface area (Å²) in [5.41, 5.74) is 4.13. The van der Waals surface area contributed by atoms with Gasteiger partial charge in [0.05, 0.1) is 17.0 Å². The van der Waals surface area contributed by atoms with Gasteiger partial charge in [-0.25, -0.2) is 14.5 Å². The first-order valence-corrected chi connectivity index (χ1v) is 16.8. The van der Waals surface area contributed by atoms with Crippen LogP contribution in [0.5, 0.6) is 0 Å². The number of aliphatic hydroxyl groups is 1. The Balaban J connectivity index is 1.01. The van der Waals surface area contributed by atoms with Gasteiger partial charge in [-0.1, -0.05) is 23.7 Å². The maximum absolute atomic E-state index is 13.5. The number of pyridine rings is 1. The van der Waals surface area contributed by atoms with Crippen molar-refractivity contribution in [2.24, 2.45) is 0 Å². The molecule has 0 aliphatic carbocycles. The predicted octanol–water partition coefficient (Wildman–Crippen LogP) is 5.80. The second kappa shape index (κ2) is 13.0. The number of carbonyl (C=O) groups is 1. The molecule has 2 saturated heterocycles. The Morgan fingerprint density at radius 2 is 1.75 bits per heavy atom. The van der Waals surface area contributed by atoms with Gasteiger partial charge in [0.15, 0.2) is 5.65 Å². The Bertz CT molecular complexity index is 1920. The van der Waals surface area contributed by atoms with Gasteiger partial charge in [0.25, 0.3) is 5.91 Å². The van der Waals surface area contributed by atoms with Crippen molar-refractivity contribution in [3.8, 4) is 0 Å². The molecule has 248 valence electrons. The van der Waals surface area contributed by atoms with Gasteiger partial charge >= 0.3 is 0 Å². The number of carbonyl (C=O) groups excluding carboxylic acids is 1. The average molecular weight is 666 g/mol. The average Bonchev–Trinajstić information content (AvgIpc) is 3.51. The number of aromatic nitrogens is 5. The minimum atomic E-state index is -0.887. The summed E-state index contributed by atoms with van der Waals surface area (Å²) in [6, 6.07) is 21.0. The van der Waals surface area contributed by atoms with E-state index in [0.29, 0.717) is 49.0 Å². The highest BCUT2D eigenvalue weighted by Crippen LogP contribution is 2.36. The molecule has 7 rings (SSSR count).